The largest absolute Gasteiger partial charge is 0.383 e. The third kappa shape index (κ3) is 2.49. The number of nitrogens with two attached hydrogens (primary N) is 1. The van der Waals surface area contributed by atoms with E-state index in [9.17, 15) is 0 Å². The minimum absolute atomic E-state index is 0.188. The van der Waals surface area contributed by atoms with Crippen LogP contribution in [0.25, 0.3) is 11.0 Å². The van der Waals surface area contributed by atoms with Crippen molar-refractivity contribution in [2.75, 3.05) is 11.1 Å². The molecule has 0 amide bonds. The Morgan fingerprint density at radius 1 is 1.27 bits per heavy atom. The fourth-order valence-corrected chi connectivity index (χ4v) is 3.03. The van der Waals surface area contributed by atoms with Crippen LogP contribution in [0.1, 0.15) is 25.6 Å². The van der Waals surface area contributed by atoms with Crippen LogP contribution >= 0.6 is 22.6 Å². The van der Waals surface area contributed by atoms with Crippen molar-refractivity contribution in [3.05, 3.63) is 15.6 Å². The molecule has 0 aliphatic carbocycles. The molecule has 0 radical (unpaired) electrons. The van der Waals surface area contributed by atoms with Crippen molar-refractivity contribution in [1.82, 2.24) is 29.5 Å². The maximum Gasteiger partial charge on any atom is 0.231 e. The van der Waals surface area contributed by atoms with Gasteiger partial charge in [-0.25, -0.2) is 4.68 Å². The molecular weight excluding hydrogens is 395 g/mol. The van der Waals surface area contributed by atoms with Gasteiger partial charge in [-0.15, -0.1) is 0 Å². The maximum absolute atomic E-state index is 6.10. The molecule has 0 aromatic carbocycles. The van der Waals surface area contributed by atoms with E-state index in [-0.39, 0.29) is 6.04 Å². The number of anilines is 3. The summed E-state index contributed by atoms with van der Waals surface area (Å²) >= 11 is 2.16. The van der Waals surface area contributed by atoms with Crippen molar-refractivity contribution in [2.24, 2.45) is 7.05 Å². The lowest BCUT2D eigenvalue weighted by molar-refractivity contribution is 0.543. The molecule has 0 aliphatic rings. The summed E-state index contributed by atoms with van der Waals surface area (Å²) < 4.78 is 4.40. The third-order valence-corrected chi connectivity index (χ3v) is 4.04. The molecule has 3 aromatic rings. The Labute approximate surface area is 141 Å². The molecular formula is C13H17IN8. The van der Waals surface area contributed by atoms with Crippen LogP contribution in [-0.4, -0.2) is 29.5 Å². The Kier molecular flexibility index (Phi) is 3.67. The van der Waals surface area contributed by atoms with E-state index in [1.807, 2.05) is 24.9 Å². The van der Waals surface area contributed by atoms with Crippen molar-refractivity contribution < 1.29 is 0 Å². The predicted molar refractivity (Wildman–Crippen MR) is 94.1 cm³/mol. The minimum atomic E-state index is 0.188. The van der Waals surface area contributed by atoms with Gasteiger partial charge in [0.05, 0.1) is 16.8 Å². The number of hydrogen-bond donors (Lipinski definition) is 2. The molecule has 3 aromatic heterocycles. The standard InChI is InChI=1S/C13H17IN8/c1-6(2)22-12-9(10(14)20-22)11(15)17-13(18-12)16-8-5-21(4)19-7(8)3/h5-6H,1-4H3,(H3,15,16,17,18). The van der Waals surface area contributed by atoms with Gasteiger partial charge >= 0.3 is 0 Å². The zero-order valence-corrected chi connectivity index (χ0v) is 15.0. The first-order valence-electron chi connectivity index (χ1n) is 6.85. The number of nitrogens with one attached hydrogen (secondary N) is 1. The first kappa shape index (κ1) is 15.0. The van der Waals surface area contributed by atoms with Gasteiger partial charge in [0.2, 0.25) is 5.95 Å². The van der Waals surface area contributed by atoms with Gasteiger partial charge in [-0.05, 0) is 43.4 Å². The van der Waals surface area contributed by atoms with Crippen LogP contribution in [0.3, 0.4) is 0 Å². The highest BCUT2D eigenvalue weighted by Gasteiger charge is 2.17. The smallest absolute Gasteiger partial charge is 0.231 e. The molecule has 9 heteroatoms. The van der Waals surface area contributed by atoms with Gasteiger partial charge in [-0.2, -0.15) is 20.2 Å². The molecule has 22 heavy (non-hydrogen) atoms. The van der Waals surface area contributed by atoms with Crippen LogP contribution < -0.4 is 11.1 Å². The molecule has 0 saturated carbocycles. The molecule has 3 rings (SSSR count). The first-order valence-corrected chi connectivity index (χ1v) is 7.93. The monoisotopic (exact) mass is 412 g/mol. The number of aromatic nitrogens is 6. The molecule has 0 aliphatic heterocycles. The molecule has 8 nitrogen and oxygen atoms in total. The van der Waals surface area contributed by atoms with Crippen LogP contribution in [0.2, 0.25) is 0 Å². The molecule has 3 N–H and O–H groups in total. The second kappa shape index (κ2) is 5.38. The lowest BCUT2D eigenvalue weighted by Gasteiger charge is -2.08. The van der Waals surface area contributed by atoms with E-state index in [4.69, 9.17) is 5.73 Å². The first-order chi connectivity index (χ1) is 10.4. The summed E-state index contributed by atoms with van der Waals surface area (Å²) in [5.74, 6) is 0.865. The zero-order chi connectivity index (χ0) is 16.0. The number of nitrogen functional groups attached to an aromatic ring is 1. The second-order valence-corrected chi connectivity index (χ2v) is 6.41. The van der Waals surface area contributed by atoms with Gasteiger partial charge in [-0.3, -0.25) is 4.68 Å². The van der Waals surface area contributed by atoms with Crippen molar-refractivity contribution in [2.45, 2.75) is 26.8 Å². The van der Waals surface area contributed by atoms with Gasteiger partial charge in [0.25, 0.3) is 0 Å². The summed E-state index contributed by atoms with van der Waals surface area (Å²) in [5.41, 5.74) is 8.56. The van der Waals surface area contributed by atoms with E-state index in [1.165, 1.54) is 0 Å². The Bertz CT molecular complexity index is 847. The van der Waals surface area contributed by atoms with E-state index in [1.54, 1.807) is 4.68 Å². The summed E-state index contributed by atoms with van der Waals surface area (Å²) in [5, 5.41) is 12.8. The average molecular weight is 412 g/mol. The molecule has 0 spiro atoms. The highest BCUT2D eigenvalue weighted by molar-refractivity contribution is 14.1. The quantitative estimate of drug-likeness (QED) is 0.641. The fraction of sp³-hybridized carbons (Fsp3) is 0.385. The Morgan fingerprint density at radius 3 is 2.59 bits per heavy atom. The average Bonchev–Trinajstić information content (AvgIpc) is 2.90. The van der Waals surface area contributed by atoms with E-state index < -0.39 is 0 Å². The molecule has 116 valence electrons. The molecule has 0 unspecified atom stereocenters. The number of fused-ring (bicyclic) bond motifs is 1. The number of hydrogen-bond acceptors (Lipinski definition) is 6. The highest BCUT2D eigenvalue weighted by Crippen LogP contribution is 2.28. The van der Waals surface area contributed by atoms with Crippen LogP contribution in [0.4, 0.5) is 17.5 Å². The minimum Gasteiger partial charge on any atom is -0.383 e. The Balaban J connectivity index is 2.11. The molecule has 0 atom stereocenters. The third-order valence-electron chi connectivity index (χ3n) is 3.29. The molecule has 0 saturated heterocycles. The number of aryl methyl sites for hydroxylation is 2. The zero-order valence-electron chi connectivity index (χ0n) is 12.8. The van der Waals surface area contributed by atoms with Gasteiger partial charge in [0.15, 0.2) is 5.65 Å². The van der Waals surface area contributed by atoms with E-state index in [0.717, 1.165) is 26.1 Å². The normalized spacial score (nSPS) is 11.5. The van der Waals surface area contributed by atoms with Crippen molar-refractivity contribution in [3.63, 3.8) is 0 Å². The predicted octanol–water partition coefficient (Wildman–Crippen LogP) is 2.38. The van der Waals surface area contributed by atoms with Crippen LogP contribution in [0, 0.1) is 10.6 Å². The highest BCUT2D eigenvalue weighted by atomic mass is 127. The van der Waals surface area contributed by atoms with E-state index >= 15 is 0 Å². The number of nitrogens with zero attached hydrogens (tertiary/aromatic N) is 6. The second-order valence-electron chi connectivity index (χ2n) is 5.39. The summed E-state index contributed by atoms with van der Waals surface area (Å²) in [4.78, 5) is 8.92. The van der Waals surface area contributed by atoms with Crippen LogP contribution in [0.15, 0.2) is 6.20 Å². The van der Waals surface area contributed by atoms with Gasteiger partial charge in [0, 0.05) is 19.3 Å². The van der Waals surface area contributed by atoms with E-state index in [0.29, 0.717) is 11.8 Å². The lowest BCUT2D eigenvalue weighted by Crippen LogP contribution is -2.06. The van der Waals surface area contributed by atoms with Gasteiger partial charge in [0.1, 0.15) is 9.52 Å². The van der Waals surface area contributed by atoms with Crippen LogP contribution in [0.5, 0.6) is 0 Å². The lowest BCUT2D eigenvalue weighted by atomic mass is 10.3. The SMILES string of the molecule is Cc1nn(C)cc1Nc1nc(N)c2c(I)nn(C(C)C)c2n1. The molecule has 0 bridgehead atoms. The summed E-state index contributed by atoms with van der Waals surface area (Å²) in [7, 11) is 1.87. The maximum atomic E-state index is 6.10. The van der Waals surface area contributed by atoms with Crippen LogP contribution in [-0.2, 0) is 7.05 Å². The Morgan fingerprint density at radius 2 is 2.00 bits per heavy atom. The van der Waals surface area contributed by atoms with E-state index in [2.05, 4.69) is 61.9 Å². The fourth-order valence-electron chi connectivity index (χ4n) is 2.28. The van der Waals surface area contributed by atoms with Crippen molar-refractivity contribution in [3.8, 4) is 0 Å². The molecule has 0 fully saturated rings. The molecule has 3 heterocycles. The number of halogens is 1. The topological polar surface area (TPSA) is 99.5 Å². The van der Waals surface area contributed by atoms with Crippen molar-refractivity contribution >= 4 is 51.1 Å². The summed E-state index contributed by atoms with van der Waals surface area (Å²) in [6.07, 6.45) is 1.88. The summed E-state index contributed by atoms with van der Waals surface area (Å²) in [6.45, 7) is 6.03. The Hall–Kier alpha value is -1.91. The van der Waals surface area contributed by atoms with Gasteiger partial charge in [-0.1, -0.05) is 0 Å². The van der Waals surface area contributed by atoms with Crippen molar-refractivity contribution in [1.29, 1.82) is 0 Å². The number of rotatable bonds is 3. The summed E-state index contributed by atoms with van der Waals surface area (Å²) in [6, 6.07) is 0.188. The van der Waals surface area contributed by atoms with Gasteiger partial charge < -0.3 is 11.1 Å².